The largest absolute Gasteiger partial charge is 0.380 e. The lowest BCUT2D eigenvalue weighted by Gasteiger charge is -2.25. The van der Waals surface area contributed by atoms with E-state index in [1.807, 2.05) is 37.3 Å². The van der Waals surface area contributed by atoms with Gasteiger partial charge in [0.2, 0.25) is 5.95 Å². The van der Waals surface area contributed by atoms with Gasteiger partial charge in [-0.1, -0.05) is 0 Å². The fourth-order valence-corrected chi connectivity index (χ4v) is 4.62. The molecule has 10 heteroatoms. The van der Waals surface area contributed by atoms with Crippen molar-refractivity contribution in [3.05, 3.63) is 54.0 Å². The van der Waals surface area contributed by atoms with Crippen molar-refractivity contribution >= 4 is 23.5 Å². The second kappa shape index (κ2) is 11.3. The quantitative estimate of drug-likeness (QED) is 0.564. The van der Waals surface area contributed by atoms with Gasteiger partial charge in [0, 0.05) is 75.0 Å². The van der Waals surface area contributed by atoms with Gasteiger partial charge in [0.25, 0.3) is 0 Å². The summed E-state index contributed by atoms with van der Waals surface area (Å²) in [6.45, 7) is 7.26. The molecule has 4 heterocycles. The molecule has 0 unspecified atom stereocenters. The van der Waals surface area contributed by atoms with Crippen molar-refractivity contribution < 1.29 is 9.53 Å². The zero-order chi connectivity index (χ0) is 24.7. The van der Waals surface area contributed by atoms with Crippen LogP contribution in [0.25, 0.3) is 11.4 Å². The number of nitrogens with zero attached hydrogens (tertiary/aromatic N) is 6. The molecule has 0 atom stereocenters. The molecule has 1 aromatic carbocycles. The minimum atomic E-state index is -0.218. The van der Waals surface area contributed by atoms with E-state index in [1.54, 1.807) is 12.4 Å². The van der Waals surface area contributed by atoms with Crippen molar-refractivity contribution in [2.75, 3.05) is 61.1 Å². The van der Waals surface area contributed by atoms with Gasteiger partial charge in [-0.05, 0) is 50.1 Å². The van der Waals surface area contributed by atoms with Gasteiger partial charge in [-0.2, -0.15) is 0 Å². The Labute approximate surface area is 211 Å². The lowest BCUT2D eigenvalue weighted by Crippen LogP contribution is -2.29. The molecule has 2 aliphatic heterocycles. The third kappa shape index (κ3) is 5.54. The molecule has 188 valence electrons. The van der Waals surface area contributed by atoms with Crippen LogP contribution in [0.5, 0.6) is 0 Å². The van der Waals surface area contributed by atoms with Crippen molar-refractivity contribution in [3.8, 4) is 11.4 Å². The lowest BCUT2D eigenvalue weighted by atomic mass is 10.1. The number of ether oxygens (including phenoxy) is 1. The lowest BCUT2D eigenvalue weighted by molar-refractivity contribution is 0.152. The van der Waals surface area contributed by atoms with Crippen LogP contribution in [0.15, 0.2) is 42.7 Å². The smallest absolute Gasteiger partial charge is 0.319 e. The molecule has 0 radical (unpaired) electrons. The normalized spacial score (nSPS) is 16.0. The second-order valence-electron chi connectivity index (χ2n) is 8.85. The summed E-state index contributed by atoms with van der Waals surface area (Å²) in [5.74, 6) is 2.45. The van der Waals surface area contributed by atoms with E-state index in [9.17, 15) is 4.79 Å². The summed E-state index contributed by atoms with van der Waals surface area (Å²) < 4.78 is 5.72. The molecule has 0 saturated carbocycles. The van der Waals surface area contributed by atoms with Crippen molar-refractivity contribution in [1.29, 1.82) is 0 Å². The Morgan fingerprint density at radius 2 is 1.78 bits per heavy atom. The summed E-state index contributed by atoms with van der Waals surface area (Å²) in [6, 6.07) is 9.30. The summed E-state index contributed by atoms with van der Waals surface area (Å²) in [6.07, 6.45) is 6.15. The Morgan fingerprint density at radius 1 is 0.972 bits per heavy atom. The first-order chi connectivity index (χ1) is 17.7. The van der Waals surface area contributed by atoms with Crippen LogP contribution in [0.1, 0.15) is 24.6 Å². The van der Waals surface area contributed by atoms with Gasteiger partial charge < -0.3 is 25.2 Å². The Balaban J connectivity index is 1.46. The van der Waals surface area contributed by atoms with E-state index in [2.05, 4.69) is 30.4 Å². The highest BCUT2D eigenvalue weighted by Crippen LogP contribution is 2.30. The average molecular weight is 489 g/mol. The number of aromatic nitrogens is 4. The SMILES string of the molecule is CCNC(=O)Nc1ccc(-c2nc3c(c(N4CCCOCC4)n2)CCN(c2ncccn2)CC3)cc1. The van der Waals surface area contributed by atoms with Crippen molar-refractivity contribution in [2.45, 2.75) is 26.2 Å². The number of rotatable bonds is 5. The molecule has 2 aromatic heterocycles. The number of urea groups is 1. The number of anilines is 3. The standard InChI is InChI=1S/C26H32N8O2/c1-2-27-26(35)30-20-7-5-19(6-8-20)23-31-22-10-15-34(25-28-11-3-12-29-25)14-9-21(22)24(32-23)33-13-4-17-36-18-16-33/h3,5-8,11-12H,2,4,9-10,13-18H2,1H3,(H2,27,30,35). The first-order valence-corrected chi connectivity index (χ1v) is 12.6. The molecule has 1 saturated heterocycles. The van der Waals surface area contributed by atoms with E-state index in [4.69, 9.17) is 14.7 Å². The van der Waals surface area contributed by atoms with E-state index in [1.165, 1.54) is 5.56 Å². The second-order valence-corrected chi connectivity index (χ2v) is 8.85. The number of fused-ring (bicyclic) bond motifs is 1. The Hall–Kier alpha value is -3.79. The zero-order valence-corrected chi connectivity index (χ0v) is 20.6. The van der Waals surface area contributed by atoms with E-state index >= 15 is 0 Å². The monoisotopic (exact) mass is 488 g/mol. The van der Waals surface area contributed by atoms with Crippen molar-refractivity contribution in [3.63, 3.8) is 0 Å². The van der Waals surface area contributed by atoms with Gasteiger partial charge in [-0.25, -0.2) is 24.7 Å². The maximum atomic E-state index is 11.9. The van der Waals surface area contributed by atoms with Crippen LogP contribution in [0, 0.1) is 0 Å². The van der Waals surface area contributed by atoms with Crippen LogP contribution >= 0.6 is 0 Å². The van der Waals surface area contributed by atoms with Crippen LogP contribution in [-0.4, -0.2) is 71.9 Å². The molecule has 5 rings (SSSR count). The molecule has 2 aliphatic rings. The summed E-state index contributed by atoms with van der Waals surface area (Å²) in [5.41, 5.74) is 3.92. The Bertz CT molecular complexity index is 1160. The number of carbonyl (C=O) groups excluding carboxylic acids is 1. The number of hydrogen-bond acceptors (Lipinski definition) is 8. The van der Waals surface area contributed by atoms with Gasteiger partial charge in [-0.3, -0.25) is 0 Å². The average Bonchev–Trinajstić information content (AvgIpc) is 3.31. The first-order valence-electron chi connectivity index (χ1n) is 12.6. The predicted molar refractivity (Wildman–Crippen MR) is 139 cm³/mol. The summed E-state index contributed by atoms with van der Waals surface area (Å²) >= 11 is 0. The van der Waals surface area contributed by atoms with Crippen molar-refractivity contribution in [2.24, 2.45) is 0 Å². The molecule has 0 spiro atoms. The predicted octanol–water partition coefficient (Wildman–Crippen LogP) is 2.91. The topological polar surface area (TPSA) is 108 Å². The van der Waals surface area contributed by atoms with Gasteiger partial charge in [0.1, 0.15) is 5.82 Å². The van der Waals surface area contributed by atoms with Gasteiger partial charge in [-0.15, -0.1) is 0 Å². The molecule has 1 fully saturated rings. The molecular weight excluding hydrogens is 456 g/mol. The van der Waals surface area contributed by atoms with Crippen LogP contribution < -0.4 is 20.4 Å². The van der Waals surface area contributed by atoms with Crippen LogP contribution in [0.4, 0.5) is 22.2 Å². The highest BCUT2D eigenvalue weighted by molar-refractivity contribution is 5.89. The molecule has 0 bridgehead atoms. The van der Waals surface area contributed by atoms with Gasteiger partial charge in [0.15, 0.2) is 5.82 Å². The van der Waals surface area contributed by atoms with E-state index in [0.29, 0.717) is 19.0 Å². The van der Waals surface area contributed by atoms with E-state index in [-0.39, 0.29) is 6.03 Å². The molecule has 36 heavy (non-hydrogen) atoms. The number of hydrogen-bond donors (Lipinski definition) is 2. The molecular formula is C26H32N8O2. The molecule has 3 aromatic rings. The third-order valence-electron chi connectivity index (χ3n) is 6.42. The van der Waals surface area contributed by atoms with Gasteiger partial charge in [0.05, 0.1) is 12.3 Å². The summed E-state index contributed by atoms with van der Waals surface area (Å²) in [4.78, 5) is 35.5. The molecule has 0 aliphatic carbocycles. The maximum absolute atomic E-state index is 11.9. The van der Waals surface area contributed by atoms with Crippen LogP contribution in [0.2, 0.25) is 0 Å². The molecule has 2 amide bonds. The van der Waals surface area contributed by atoms with Crippen molar-refractivity contribution in [1.82, 2.24) is 25.3 Å². The fourth-order valence-electron chi connectivity index (χ4n) is 4.62. The molecule has 10 nitrogen and oxygen atoms in total. The van der Waals surface area contributed by atoms with E-state index in [0.717, 1.165) is 80.8 Å². The van der Waals surface area contributed by atoms with Crippen LogP contribution in [0.3, 0.4) is 0 Å². The number of carbonyl (C=O) groups is 1. The fraction of sp³-hybridized carbons (Fsp3) is 0.423. The Kier molecular flexibility index (Phi) is 7.51. The highest BCUT2D eigenvalue weighted by Gasteiger charge is 2.25. The van der Waals surface area contributed by atoms with Crippen LogP contribution in [-0.2, 0) is 17.6 Å². The number of nitrogens with one attached hydrogen (secondary N) is 2. The maximum Gasteiger partial charge on any atom is 0.319 e. The van der Waals surface area contributed by atoms with Gasteiger partial charge >= 0.3 is 6.03 Å². The first kappa shape index (κ1) is 23.9. The summed E-state index contributed by atoms with van der Waals surface area (Å²) in [5, 5.41) is 5.58. The van der Waals surface area contributed by atoms with E-state index < -0.39 is 0 Å². The Morgan fingerprint density at radius 3 is 2.58 bits per heavy atom. The number of amides is 2. The number of benzene rings is 1. The zero-order valence-electron chi connectivity index (χ0n) is 20.6. The summed E-state index contributed by atoms with van der Waals surface area (Å²) in [7, 11) is 0. The third-order valence-corrected chi connectivity index (χ3v) is 6.42. The minimum Gasteiger partial charge on any atom is -0.380 e. The minimum absolute atomic E-state index is 0.218. The molecule has 2 N–H and O–H groups in total. The highest BCUT2D eigenvalue weighted by atomic mass is 16.5.